The Balaban J connectivity index is 1.59. The van der Waals surface area contributed by atoms with E-state index >= 15 is 0 Å². The third-order valence-corrected chi connectivity index (χ3v) is 6.96. The van der Waals surface area contributed by atoms with E-state index in [0.717, 1.165) is 24.3 Å². The highest BCUT2D eigenvalue weighted by Crippen LogP contribution is 2.40. The number of aromatic hydroxyl groups is 4. The van der Waals surface area contributed by atoms with Gasteiger partial charge in [0, 0.05) is 17.7 Å². The zero-order chi connectivity index (χ0) is 29.7. The van der Waals surface area contributed by atoms with Crippen molar-refractivity contribution in [3.05, 3.63) is 40.6 Å². The lowest BCUT2D eigenvalue weighted by molar-refractivity contribution is -0.316. The monoisotopic (exact) mass is 580 g/mol. The number of hydrogen-bond acceptors (Lipinski definition) is 15. The SMILES string of the molecule is CC1O[C@@H](O[C@H]2C(O)[C@H](CO)O[C@H]2Oc2c(-c3ccc(O)c(O)c3)oc3cc(O)cc(O)c3c2=O)[C@@H](O)C(O)[C@H]1O. The molecular weight excluding hydrogens is 552 g/mol. The fourth-order valence-electron chi connectivity index (χ4n) is 4.72. The van der Waals surface area contributed by atoms with E-state index in [4.69, 9.17) is 23.4 Å². The van der Waals surface area contributed by atoms with Crippen molar-refractivity contribution in [1.29, 1.82) is 0 Å². The molecule has 9 atom stereocenters. The van der Waals surface area contributed by atoms with Gasteiger partial charge in [-0.2, -0.15) is 0 Å². The lowest BCUT2D eigenvalue weighted by atomic mass is 10.00. The van der Waals surface area contributed by atoms with Crippen molar-refractivity contribution in [3.8, 4) is 40.1 Å². The van der Waals surface area contributed by atoms with Crippen LogP contribution in [0.15, 0.2) is 39.5 Å². The molecule has 2 aromatic carbocycles. The molecule has 41 heavy (non-hydrogen) atoms. The van der Waals surface area contributed by atoms with E-state index in [-0.39, 0.29) is 16.9 Å². The Hall–Kier alpha value is -3.67. The van der Waals surface area contributed by atoms with Gasteiger partial charge in [-0.3, -0.25) is 4.79 Å². The smallest absolute Gasteiger partial charge is 0.239 e. The van der Waals surface area contributed by atoms with Crippen LogP contribution in [0.3, 0.4) is 0 Å². The van der Waals surface area contributed by atoms with Crippen molar-refractivity contribution in [2.45, 2.75) is 62.2 Å². The Morgan fingerprint density at radius 1 is 0.829 bits per heavy atom. The van der Waals surface area contributed by atoms with E-state index < -0.39 is 101 Å². The minimum atomic E-state index is -1.77. The van der Waals surface area contributed by atoms with Crippen LogP contribution in [-0.2, 0) is 14.2 Å². The van der Waals surface area contributed by atoms with Gasteiger partial charge in [0.1, 0.15) is 53.0 Å². The molecule has 3 unspecified atom stereocenters. The van der Waals surface area contributed by atoms with Gasteiger partial charge in [0.05, 0.1) is 12.7 Å². The second kappa shape index (κ2) is 11.0. The van der Waals surface area contributed by atoms with Crippen LogP contribution in [-0.4, -0.2) is 108 Å². The highest BCUT2D eigenvalue weighted by molar-refractivity contribution is 5.88. The summed E-state index contributed by atoms with van der Waals surface area (Å²) in [7, 11) is 0. The summed E-state index contributed by atoms with van der Waals surface area (Å²) < 4.78 is 28.3. The summed E-state index contributed by atoms with van der Waals surface area (Å²) in [4.78, 5) is 13.6. The standard InChI is InChI=1S/C26H28O15/c1-8-17(32)20(35)21(36)25(37-8)41-24-18(33)15(7-27)39-26(24)40-23-19(34)16-13(31)5-10(28)6-14(16)38-22(23)9-2-3-11(29)12(30)4-9/h2-6,8,15,17-18,20-21,24-33,35-36H,7H2,1H3/t8?,15-,17-,18?,20?,21-,24-,25-,26-/m0/s1. The van der Waals surface area contributed by atoms with Crippen LogP contribution in [0, 0.1) is 0 Å². The quantitative estimate of drug-likeness (QED) is 0.158. The topological polar surface area (TPSA) is 249 Å². The summed E-state index contributed by atoms with van der Waals surface area (Å²) >= 11 is 0. The zero-order valence-electron chi connectivity index (χ0n) is 21.3. The van der Waals surface area contributed by atoms with Crippen molar-refractivity contribution in [2.75, 3.05) is 6.61 Å². The Morgan fingerprint density at radius 2 is 1.56 bits per heavy atom. The van der Waals surface area contributed by atoms with Crippen LogP contribution >= 0.6 is 0 Å². The average Bonchev–Trinajstić information content (AvgIpc) is 3.22. The number of fused-ring (bicyclic) bond motifs is 1. The highest BCUT2D eigenvalue weighted by Gasteiger charge is 2.51. The molecule has 0 bridgehead atoms. The molecule has 15 heteroatoms. The molecule has 222 valence electrons. The summed E-state index contributed by atoms with van der Waals surface area (Å²) in [6.07, 6.45) is -13.7. The van der Waals surface area contributed by atoms with Crippen LogP contribution in [0.1, 0.15) is 6.92 Å². The summed E-state index contributed by atoms with van der Waals surface area (Å²) in [5.74, 6) is -3.13. The van der Waals surface area contributed by atoms with Crippen molar-refractivity contribution >= 4 is 11.0 Å². The van der Waals surface area contributed by atoms with Gasteiger partial charge in [-0.1, -0.05) is 0 Å². The molecule has 2 aliphatic rings. The molecule has 3 heterocycles. The minimum absolute atomic E-state index is 0.00354. The summed E-state index contributed by atoms with van der Waals surface area (Å²) in [5.41, 5.74) is -1.24. The Bertz CT molecular complexity index is 1490. The van der Waals surface area contributed by atoms with E-state index in [2.05, 4.69) is 0 Å². The number of aliphatic hydroxyl groups is 5. The molecule has 3 aromatic rings. The molecule has 2 saturated heterocycles. The first-order valence-electron chi connectivity index (χ1n) is 12.4. The Labute approximate surface area is 230 Å². The van der Waals surface area contributed by atoms with E-state index in [1.807, 2.05) is 0 Å². The molecule has 0 aliphatic carbocycles. The largest absolute Gasteiger partial charge is 0.508 e. The van der Waals surface area contributed by atoms with Gasteiger partial charge in [-0.25, -0.2) is 0 Å². The molecular formula is C26H28O15. The third-order valence-electron chi connectivity index (χ3n) is 6.96. The Morgan fingerprint density at radius 3 is 2.24 bits per heavy atom. The van der Waals surface area contributed by atoms with Crippen molar-refractivity contribution in [2.24, 2.45) is 0 Å². The van der Waals surface area contributed by atoms with Gasteiger partial charge in [-0.15, -0.1) is 0 Å². The number of phenols is 4. The molecule has 0 radical (unpaired) electrons. The number of ether oxygens (including phenoxy) is 4. The van der Waals surface area contributed by atoms with Crippen LogP contribution in [0.4, 0.5) is 0 Å². The van der Waals surface area contributed by atoms with E-state index in [9.17, 15) is 50.8 Å². The average molecular weight is 580 g/mol. The van der Waals surface area contributed by atoms with Crippen LogP contribution in [0.5, 0.6) is 28.7 Å². The van der Waals surface area contributed by atoms with Gasteiger partial charge >= 0.3 is 0 Å². The predicted molar refractivity (Wildman–Crippen MR) is 134 cm³/mol. The molecule has 0 saturated carbocycles. The second-order valence-electron chi connectivity index (χ2n) is 9.75. The van der Waals surface area contributed by atoms with Gasteiger partial charge in [0.15, 0.2) is 29.7 Å². The van der Waals surface area contributed by atoms with Crippen molar-refractivity contribution in [3.63, 3.8) is 0 Å². The first-order valence-corrected chi connectivity index (χ1v) is 12.4. The molecule has 0 spiro atoms. The normalized spacial score (nSPS) is 31.9. The Kier molecular flexibility index (Phi) is 7.71. The van der Waals surface area contributed by atoms with Crippen LogP contribution in [0.2, 0.25) is 0 Å². The fourth-order valence-corrected chi connectivity index (χ4v) is 4.72. The van der Waals surface area contributed by atoms with Gasteiger partial charge < -0.3 is 69.3 Å². The summed E-state index contributed by atoms with van der Waals surface area (Å²) in [6.45, 7) is 0.684. The first kappa shape index (κ1) is 28.8. The molecule has 1 aromatic heterocycles. The van der Waals surface area contributed by atoms with Gasteiger partial charge in [0.2, 0.25) is 17.5 Å². The molecule has 9 N–H and O–H groups in total. The van der Waals surface area contributed by atoms with Crippen molar-refractivity contribution in [1.82, 2.24) is 0 Å². The third kappa shape index (κ3) is 5.13. The number of aliphatic hydroxyl groups excluding tert-OH is 5. The maximum Gasteiger partial charge on any atom is 0.239 e. The molecule has 2 aliphatic heterocycles. The molecule has 0 amide bonds. The number of benzene rings is 2. The van der Waals surface area contributed by atoms with Gasteiger partial charge in [0.25, 0.3) is 0 Å². The maximum atomic E-state index is 13.6. The molecule has 2 fully saturated rings. The summed E-state index contributed by atoms with van der Waals surface area (Å²) in [6, 6.07) is 5.36. The first-order chi connectivity index (χ1) is 19.4. The number of hydrogen-bond donors (Lipinski definition) is 9. The van der Waals surface area contributed by atoms with Crippen LogP contribution in [0.25, 0.3) is 22.3 Å². The predicted octanol–water partition coefficient (Wildman–Crippen LogP) is -1.05. The van der Waals surface area contributed by atoms with Gasteiger partial charge in [-0.05, 0) is 25.1 Å². The van der Waals surface area contributed by atoms with E-state index in [0.29, 0.717) is 0 Å². The summed E-state index contributed by atoms with van der Waals surface area (Å²) in [5, 5.41) is 90.7. The molecule has 5 rings (SSSR count). The fraction of sp³-hybridized carbons (Fsp3) is 0.423. The minimum Gasteiger partial charge on any atom is -0.508 e. The molecule has 15 nitrogen and oxygen atoms in total. The van der Waals surface area contributed by atoms with Crippen molar-refractivity contribution < 1.29 is 69.3 Å². The maximum absolute atomic E-state index is 13.6. The lowest BCUT2D eigenvalue weighted by Gasteiger charge is -2.40. The highest BCUT2D eigenvalue weighted by atomic mass is 16.8. The number of rotatable bonds is 6. The number of phenolic OH excluding ortho intramolecular Hbond substituents is 4. The van der Waals surface area contributed by atoms with Crippen LogP contribution < -0.4 is 10.2 Å². The zero-order valence-corrected chi connectivity index (χ0v) is 21.3. The van der Waals surface area contributed by atoms with E-state index in [1.165, 1.54) is 13.0 Å². The second-order valence-corrected chi connectivity index (χ2v) is 9.75. The van der Waals surface area contributed by atoms with E-state index in [1.54, 1.807) is 0 Å². The lowest BCUT2D eigenvalue weighted by Crippen LogP contribution is -2.59.